The van der Waals surface area contributed by atoms with Crippen molar-refractivity contribution in [2.75, 3.05) is 24.3 Å². The van der Waals surface area contributed by atoms with Gasteiger partial charge in [0.05, 0.1) is 11.4 Å². The highest BCUT2D eigenvalue weighted by molar-refractivity contribution is 5.65. The minimum Gasteiger partial charge on any atom is -0.394 e. The molecule has 0 aromatic carbocycles. The van der Waals surface area contributed by atoms with Crippen LogP contribution in [0.3, 0.4) is 0 Å². The molecule has 0 aliphatic carbocycles. The SMILES string of the molecule is CCCn1nc(C)c(N)c1NC1(C)CCOCC1. The number of ether oxygens (including phenoxy) is 1. The molecule has 1 aromatic heterocycles. The third kappa shape index (κ3) is 2.61. The molecular formula is C13H24N4O. The van der Waals surface area contributed by atoms with Gasteiger partial charge in [-0.2, -0.15) is 5.10 Å². The first-order valence-corrected chi connectivity index (χ1v) is 6.74. The summed E-state index contributed by atoms with van der Waals surface area (Å²) in [5, 5.41) is 8.09. The van der Waals surface area contributed by atoms with Crippen LogP contribution in [0.2, 0.25) is 0 Å². The van der Waals surface area contributed by atoms with Crippen LogP contribution in [-0.4, -0.2) is 28.5 Å². The van der Waals surface area contributed by atoms with Crippen molar-refractivity contribution in [1.82, 2.24) is 9.78 Å². The van der Waals surface area contributed by atoms with Crippen molar-refractivity contribution in [3.05, 3.63) is 5.69 Å². The number of aromatic nitrogens is 2. The standard InChI is InChI=1S/C13H24N4O/c1-4-7-17-12(11(14)10(2)16-17)15-13(3)5-8-18-9-6-13/h15H,4-9,14H2,1-3H3. The molecule has 1 fully saturated rings. The van der Waals surface area contributed by atoms with Crippen LogP contribution >= 0.6 is 0 Å². The topological polar surface area (TPSA) is 65.1 Å². The molecule has 0 amide bonds. The van der Waals surface area contributed by atoms with Crippen LogP contribution in [0.1, 0.15) is 38.8 Å². The van der Waals surface area contributed by atoms with Crippen molar-refractivity contribution in [3.8, 4) is 0 Å². The molecular weight excluding hydrogens is 228 g/mol. The van der Waals surface area contributed by atoms with E-state index in [1.165, 1.54) is 0 Å². The van der Waals surface area contributed by atoms with Gasteiger partial charge in [0.25, 0.3) is 0 Å². The molecule has 18 heavy (non-hydrogen) atoms. The Labute approximate surface area is 109 Å². The van der Waals surface area contributed by atoms with Crippen molar-refractivity contribution < 1.29 is 4.74 Å². The van der Waals surface area contributed by atoms with E-state index in [0.717, 1.165) is 56.2 Å². The number of nitrogens with zero attached hydrogens (tertiary/aromatic N) is 2. The molecule has 0 saturated carbocycles. The van der Waals surface area contributed by atoms with Gasteiger partial charge in [0.15, 0.2) is 0 Å². The molecule has 5 nitrogen and oxygen atoms in total. The Kier molecular flexibility index (Phi) is 3.80. The maximum Gasteiger partial charge on any atom is 0.148 e. The third-order valence-electron chi connectivity index (χ3n) is 3.63. The van der Waals surface area contributed by atoms with Crippen molar-refractivity contribution in [3.63, 3.8) is 0 Å². The maximum atomic E-state index is 6.13. The lowest BCUT2D eigenvalue weighted by molar-refractivity contribution is 0.0656. The van der Waals surface area contributed by atoms with E-state index in [2.05, 4.69) is 24.3 Å². The number of hydrogen-bond donors (Lipinski definition) is 2. The first kappa shape index (κ1) is 13.2. The molecule has 0 unspecified atom stereocenters. The summed E-state index contributed by atoms with van der Waals surface area (Å²) in [6, 6.07) is 0. The second-order valence-corrected chi connectivity index (χ2v) is 5.37. The number of nitrogens with two attached hydrogens (primary N) is 1. The largest absolute Gasteiger partial charge is 0.394 e. The van der Waals surface area contributed by atoms with Gasteiger partial charge in [-0.25, -0.2) is 4.68 Å². The lowest BCUT2D eigenvalue weighted by Crippen LogP contribution is -2.41. The summed E-state index contributed by atoms with van der Waals surface area (Å²) < 4.78 is 7.41. The third-order valence-corrected chi connectivity index (χ3v) is 3.63. The van der Waals surface area contributed by atoms with Crippen LogP contribution in [0.4, 0.5) is 11.5 Å². The van der Waals surface area contributed by atoms with Gasteiger partial charge < -0.3 is 15.8 Å². The van der Waals surface area contributed by atoms with E-state index < -0.39 is 0 Å². The Hall–Kier alpha value is -1.23. The lowest BCUT2D eigenvalue weighted by atomic mass is 9.92. The fraction of sp³-hybridized carbons (Fsp3) is 0.769. The van der Waals surface area contributed by atoms with Gasteiger partial charge in [0, 0.05) is 25.3 Å². The monoisotopic (exact) mass is 252 g/mol. The maximum absolute atomic E-state index is 6.13. The van der Waals surface area contributed by atoms with E-state index >= 15 is 0 Å². The molecule has 5 heteroatoms. The highest BCUT2D eigenvalue weighted by atomic mass is 16.5. The van der Waals surface area contributed by atoms with Crippen molar-refractivity contribution in [2.24, 2.45) is 0 Å². The molecule has 1 saturated heterocycles. The molecule has 3 N–H and O–H groups in total. The van der Waals surface area contributed by atoms with Gasteiger partial charge in [0.2, 0.25) is 0 Å². The molecule has 2 rings (SSSR count). The Balaban J connectivity index is 2.21. The van der Waals surface area contributed by atoms with E-state index in [-0.39, 0.29) is 5.54 Å². The van der Waals surface area contributed by atoms with Gasteiger partial charge >= 0.3 is 0 Å². The van der Waals surface area contributed by atoms with Crippen LogP contribution in [0, 0.1) is 6.92 Å². The van der Waals surface area contributed by atoms with Crippen LogP contribution in [0.5, 0.6) is 0 Å². The molecule has 0 spiro atoms. The minimum atomic E-state index is 0.0599. The summed E-state index contributed by atoms with van der Waals surface area (Å²) in [5.74, 6) is 0.971. The summed E-state index contributed by atoms with van der Waals surface area (Å²) in [5.41, 5.74) is 7.87. The Morgan fingerprint density at radius 3 is 2.72 bits per heavy atom. The molecule has 1 aliphatic rings. The number of rotatable bonds is 4. The van der Waals surface area contributed by atoms with Crippen molar-refractivity contribution >= 4 is 11.5 Å². The number of nitrogens with one attached hydrogen (secondary N) is 1. The summed E-state index contributed by atoms with van der Waals surface area (Å²) in [7, 11) is 0. The van der Waals surface area contributed by atoms with Crippen LogP contribution in [-0.2, 0) is 11.3 Å². The van der Waals surface area contributed by atoms with Crippen LogP contribution in [0.25, 0.3) is 0 Å². The fourth-order valence-electron chi connectivity index (χ4n) is 2.33. The van der Waals surface area contributed by atoms with Gasteiger partial charge in [-0.1, -0.05) is 6.92 Å². The lowest BCUT2D eigenvalue weighted by Gasteiger charge is -2.35. The number of anilines is 2. The molecule has 2 heterocycles. The van der Waals surface area contributed by atoms with Crippen LogP contribution in [0.15, 0.2) is 0 Å². The molecule has 102 valence electrons. The highest BCUT2D eigenvalue weighted by Gasteiger charge is 2.29. The zero-order chi connectivity index (χ0) is 13.2. The summed E-state index contributed by atoms with van der Waals surface area (Å²) in [6.45, 7) is 8.85. The molecule has 1 aromatic rings. The van der Waals surface area contributed by atoms with Gasteiger partial charge in [0.1, 0.15) is 5.82 Å². The molecule has 0 atom stereocenters. The van der Waals surface area contributed by atoms with Crippen LogP contribution < -0.4 is 11.1 Å². The second-order valence-electron chi connectivity index (χ2n) is 5.37. The first-order valence-electron chi connectivity index (χ1n) is 6.74. The average molecular weight is 252 g/mol. The zero-order valence-electron chi connectivity index (χ0n) is 11.6. The van der Waals surface area contributed by atoms with Gasteiger partial charge in [-0.05, 0) is 33.1 Å². The smallest absolute Gasteiger partial charge is 0.148 e. The predicted molar refractivity (Wildman–Crippen MR) is 73.7 cm³/mol. The fourth-order valence-corrected chi connectivity index (χ4v) is 2.33. The van der Waals surface area contributed by atoms with E-state index in [1.807, 2.05) is 11.6 Å². The molecule has 0 bridgehead atoms. The number of aryl methyl sites for hydroxylation is 2. The first-order chi connectivity index (χ1) is 8.56. The van der Waals surface area contributed by atoms with E-state index in [0.29, 0.717) is 0 Å². The van der Waals surface area contributed by atoms with Crippen molar-refractivity contribution in [2.45, 2.75) is 52.1 Å². The summed E-state index contributed by atoms with van der Waals surface area (Å²) in [4.78, 5) is 0. The quantitative estimate of drug-likeness (QED) is 0.862. The van der Waals surface area contributed by atoms with E-state index in [9.17, 15) is 0 Å². The number of hydrogen-bond acceptors (Lipinski definition) is 4. The van der Waals surface area contributed by atoms with E-state index in [1.54, 1.807) is 0 Å². The van der Waals surface area contributed by atoms with E-state index in [4.69, 9.17) is 10.5 Å². The predicted octanol–water partition coefficient (Wildman–Crippen LogP) is 2.16. The zero-order valence-corrected chi connectivity index (χ0v) is 11.6. The Bertz CT molecular complexity index is 407. The summed E-state index contributed by atoms with van der Waals surface area (Å²) in [6.07, 6.45) is 3.06. The van der Waals surface area contributed by atoms with Gasteiger partial charge in [-0.15, -0.1) is 0 Å². The minimum absolute atomic E-state index is 0.0599. The second kappa shape index (κ2) is 5.18. The Morgan fingerprint density at radius 2 is 2.11 bits per heavy atom. The van der Waals surface area contributed by atoms with Crippen molar-refractivity contribution in [1.29, 1.82) is 0 Å². The summed E-state index contributed by atoms with van der Waals surface area (Å²) >= 11 is 0. The highest BCUT2D eigenvalue weighted by Crippen LogP contribution is 2.30. The average Bonchev–Trinajstić information content (AvgIpc) is 2.58. The molecule has 1 aliphatic heterocycles. The number of nitrogen functional groups attached to an aromatic ring is 1. The molecule has 0 radical (unpaired) electrons. The van der Waals surface area contributed by atoms with Gasteiger partial charge in [-0.3, -0.25) is 0 Å². The Morgan fingerprint density at radius 1 is 1.44 bits per heavy atom. The normalized spacial score (nSPS) is 18.8.